The van der Waals surface area contributed by atoms with Crippen LogP contribution >= 0.6 is 0 Å². The van der Waals surface area contributed by atoms with Crippen LogP contribution in [0.3, 0.4) is 0 Å². The van der Waals surface area contributed by atoms with Crippen LogP contribution in [0.1, 0.15) is 28.0 Å². The molecule has 1 saturated heterocycles. The molecule has 34 heavy (non-hydrogen) atoms. The van der Waals surface area contributed by atoms with Crippen molar-refractivity contribution in [2.45, 2.75) is 24.5 Å². The lowest BCUT2D eigenvalue weighted by molar-refractivity contribution is 0.00301. The van der Waals surface area contributed by atoms with Crippen LogP contribution in [0.15, 0.2) is 48.5 Å². The van der Waals surface area contributed by atoms with Crippen LogP contribution < -0.4 is 4.74 Å². The van der Waals surface area contributed by atoms with Crippen molar-refractivity contribution >= 4 is 16.9 Å². The number of benzene rings is 2. The molecule has 2 aliphatic rings. The van der Waals surface area contributed by atoms with Crippen molar-refractivity contribution in [1.29, 1.82) is 0 Å². The Morgan fingerprint density at radius 2 is 2.00 bits per heavy atom. The van der Waals surface area contributed by atoms with Crippen molar-refractivity contribution in [1.82, 2.24) is 14.8 Å². The molecule has 180 valence electrons. The number of aromatic amines is 1. The molecule has 1 spiro atoms. The first kappa shape index (κ1) is 22.9. The molecule has 3 heterocycles. The predicted molar refractivity (Wildman–Crippen MR) is 128 cm³/mol. The van der Waals surface area contributed by atoms with E-state index in [0.717, 1.165) is 66.9 Å². The van der Waals surface area contributed by atoms with E-state index in [0.29, 0.717) is 13.2 Å². The lowest BCUT2D eigenvalue weighted by Gasteiger charge is -2.45. The number of rotatable bonds is 8. The summed E-state index contributed by atoms with van der Waals surface area (Å²) in [5.41, 5.74) is 3.15. The smallest absolute Gasteiger partial charge is 0.335 e. The fourth-order valence-electron chi connectivity index (χ4n) is 5.57. The summed E-state index contributed by atoms with van der Waals surface area (Å²) < 4.78 is 5.91. The van der Waals surface area contributed by atoms with Crippen molar-refractivity contribution in [2.75, 3.05) is 45.9 Å². The van der Waals surface area contributed by atoms with Crippen LogP contribution in [-0.4, -0.2) is 88.1 Å². The van der Waals surface area contributed by atoms with Gasteiger partial charge < -0.3 is 25.0 Å². The summed E-state index contributed by atoms with van der Waals surface area (Å²) in [5, 5.41) is 30.2. The predicted octanol–water partition coefficient (Wildman–Crippen LogP) is 2.06. The van der Waals surface area contributed by atoms with E-state index in [1.165, 1.54) is 0 Å². The number of aromatic carboxylic acids is 1. The Labute approximate surface area is 198 Å². The first-order chi connectivity index (χ1) is 16.5. The van der Waals surface area contributed by atoms with Gasteiger partial charge in [0.15, 0.2) is 0 Å². The van der Waals surface area contributed by atoms with E-state index >= 15 is 0 Å². The molecule has 3 aromatic rings. The van der Waals surface area contributed by atoms with E-state index in [1.54, 1.807) is 12.1 Å². The van der Waals surface area contributed by atoms with Crippen LogP contribution in [0.4, 0.5) is 0 Å². The number of H-pyrrole nitrogens is 1. The molecular formula is C26H31N3O5. The summed E-state index contributed by atoms with van der Waals surface area (Å²) in [6.07, 6.45) is 0.828. The maximum atomic E-state index is 11.5. The molecule has 2 aliphatic heterocycles. The topological polar surface area (TPSA) is 109 Å². The summed E-state index contributed by atoms with van der Waals surface area (Å²) in [5.74, 6) is -0.0746. The van der Waals surface area contributed by atoms with E-state index in [-0.39, 0.29) is 17.7 Å². The number of carboxylic acids is 1. The van der Waals surface area contributed by atoms with Gasteiger partial charge in [-0.2, -0.15) is 0 Å². The third kappa shape index (κ3) is 4.18. The molecule has 5 rings (SSSR count). The molecule has 1 fully saturated rings. The van der Waals surface area contributed by atoms with Gasteiger partial charge in [-0.3, -0.25) is 9.80 Å². The number of carboxylic acid groups (broad SMARTS) is 1. The van der Waals surface area contributed by atoms with E-state index in [4.69, 9.17) is 4.74 Å². The average Bonchev–Trinajstić information content (AvgIpc) is 3.44. The van der Waals surface area contributed by atoms with E-state index in [1.807, 2.05) is 36.4 Å². The van der Waals surface area contributed by atoms with E-state index < -0.39 is 12.1 Å². The van der Waals surface area contributed by atoms with Crippen LogP contribution in [0.2, 0.25) is 0 Å². The van der Waals surface area contributed by atoms with E-state index in [9.17, 15) is 20.1 Å². The molecule has 0 radical (unpaired) electrons. The lowest BCUT2D eigenvalue weighted by Crippen LogP contribution is -2.55. The van der Waals surface area contributed by atoms with Gasteiger partial charge in [0.05, 0.1) is 23.8 Å². The summed E-state index contributed by atoms with van der Waals surface area (Å²) in [6.45, 7) is 3.88. The summed E-state index contributed by atoms with van der Waals surface area (Å²) in [4.78, 5) is 19.8. The minimum absolute atomic E-state index is 0.275. The molecule has 0 bridgehead atoms. The number of carbonyl (C=O) groups is 1. The zero-order valence-electron chi connectivity index (χ0n) is 19.1. The molecule has 8 heteroatoms. The monoisotopic (exact) mass is 465 g/mol. The van der Waals surface area contributed by atoms with Gasteiger partial charge in [0.1, 0.15) is 12.4 Å². The Bertz CT molecular complexity index is 1160. The standard InChI is InChI=1S/C26H31N3O5/c30-16-19(31)15-29-10-8-21-22-14-18(25(32)33)6-7-23(22)27-24(21)26(29)9-11-28(17-26)12-13-34-20-4-2-1-3-5-20/h1-7,14,19,27,30-31H,8-13,15-17H2,(H,32,33)/t19-,26?/m1/s1. The second-order valence-electron chi connectivity index (χ2n) is 9.30. The minimum Gasteiger partial charge on any atom is -0.492 e. The van der Waals surface area contributed by atoms with Gasteiger partial charge in [-0.1, -0.05) is 18.2 Å². The number of likely N-dealkylation sites (tertiary alicyclic amines) is 1. The second kappa shape index (κ2) is 9.38. The number of fused-ring (bicyclic) bond motifs is 4. The summed E-state index contributed by atoms with van der Waals surface area (Å²) in [6, 6.07) is 15.0. The van der Waals surface area contributed by atoms with Gasteiger partial charge in [0.2, 0.25) is 0 Å². The zero-order valence-corrected chi connectivity index (χ0v) is 19.1. The zero-order chi connectivity index (χ0) is 23.7. The van der Waals surface area contributed by atoms with Gasteiger partial charge in [-0.15, -0.1) is 0 Å². The highest BCUT2D eigenvalue weighted by Crippen LogP contribution is 2.44. The Hall–Kier alpha value is -2.91. The normalized spacial score (nSPS) is 21.7. The second-order valence-corrected chi connectivity index (χ2v) is 9.30. The fraction of sp³-hybridized carbons (Fsp3) is 0.423. The highest BCUT2D eigenvalue weighted by Gasteiger charge is 2.49. The van der Waals surface area contributed by atoms with Crippen LogP contribution in [-0.2, 0) is 12.0 Å². The van der Waals surface area contributed by atoms with Gasteiger partial charge in [-0.05, 0) is 48.7 Å². The Balaban J connectivity index is 1.43. The van der Waals surface area contributed by atoms with Crippen molar-refractivity contribution in [3.63, 3.8) is 0 Å². The SMILES string of the molecule is O=C(O)c1ccc2[nH]c3c(c2c1)CCN(C[C@@H](O)CO)C31CCN(CCOc2ccccc2)C1. The van der Waals surface area contributed by atoms with Gasteiger partial charge >= 0.3 is 5.97 Å². The highest BCUT2D eigenvalue weighted by atomic mass is 16.5. The number of aromatic nitrogens is 1. The van der Waals surface area contributed by atoms with Crippen LogP contribution in [0.5, 0.6) is 5.75 Å². The van der Waals surface area contributed by atoms with Gasteiger partial charge in [0.25, 0.3) is 0 Å². The quantitative estimate of drug-likeness (QED) is 0.403. The fourth-order valence-corrected chi connectivity index (χ4v) is 5.57. The third-order valence-corrected chi connectivity index (χ3v) is 7.24. The number of nitrogens with zero attached hydrogens (tertiary/aromatic N) is 2. The molecule has 1 unspecified atom stereocenters. The molecule has 0 saturated carbocycles. The van der Waals surface area contributed by atoms with E-state index in [2.05, 4.69) is 14.8 Å². The Kier molecular flexibility index (Phi) is 6.31. The number of hydrogen-bond donors (Lipinski definition) is 4. The van der Waals surface area contributed by atoms with Crippen molar-refractivity contribution in [2.24, 2.45) is 0 Å². The molecule has 4 N–H and O–H groups in total. The molecule has 2 aromatic carbocycles. The number of hydrogen-bond acceptors (Lipinski definition) is 6. The van der Waals surface area contributed by atoms with Crippen molar-refractivity contribution < 1.29 is 24.9 Å². The third-order valence-electron chi connectivity index (χ3n) is 7.24. The maximum Gasteiger partial charge on any atom is 0.335 e. The molecule has 8 nitrogen and oxygen atoms in total. The maximum absolute atomic E-state index is 11.5. The minimum atomic E-state index is -0.930. The van der Waals surface area contributed by atoms with Gasteiger partial charge in [0, 0.05) is 49.3 Å². The number of β-amino-alcohol motifs (C(OH)–C–C–N with tert-alkyl or cyclic N) is 1. The number of para-hydroxylation sites is 1. The first-order valence-electron chi connectivity index (χ1n) is 11.8. The Morgan fingerprint density at radius 3 is 2.76 bits per heavy atom. The number of aliphatic hydroxyl groups excluding tert-OH is 2. The largest absolute Gasteiger partial charge is 0.492 e. The number of aliphatic hydroxyl groups is 2. The van der Waals surface area contributed by atoms with Crippen molar-refractivity contribution in [3.05, 3.63) is 65.4 Å². The van der Waals surface area contributed by atoms with Crippen LogP contribution in [0, 0.1) is 0 Å². The molecule has 1 aromatic heterocycles. The molecular weight excluding hydrogens is 434 g/mol. The molecule has 0 aliphatic carbocycles. The van der Waals surface area contributed by atoms with Crippen LogP contribution in [0.25, 0.3) is 10.9 Å². The summed E-state index contributed by atoms with van der Waals surface area (Å²) >= 11 is 0. The van der Waals surface area contributed by atoms with Gasteiger partial charge in [-0.25, -0.2) is 4.79 Å². The first-order valence-corrected chi connectivity index (χ1v) is 11.8. The molecule has 0 amide bonds. The number of ether oxygens (including phenoxy) is 1. The lowest BCUT2D eigenvalue weighted by atomic mass is 9.83. The van der Waals surface area contributed by atoms with Crippen molar-refractivity contribution in [3.8, 4) is 5.75 Å². The Morgan fingerprint density at radius 1 is 1.18 bits per heavy atom. The average molecular weight is 466 g/mol. The summed E-state index contributed by atoms with van der Waals surface area (Å²) in [7, 11) is 0. The number of nitrogens with one attached hydrogen (secondary N) is 1. The highest BCUT2D eigenvalue weighted by molar-refractivity contribution is 5.95. The molecule has 2 atom stereocenters.